The van der Waals surface area contributed by atoms with Gasteiger partial charge in [-0.1, -0.05) is 13.8 Å². The molecule has 5 heteroatoms. The second kappa shape index (κ2) is 7.99. The molecule has 0 amide bonds. The first-order chi connectivity index (χ1) is 8.99. The first kappa shape index (κ1) is 21.0. The van der Waals surface area contributed by atoms with Gasteiger partial charge in [0, 0.05) is 24.2 Å². The number of hydrogen-bond donors (Lipinski definition) is 2. The molecule has 1 aliphatic heterocycles. The van der Waals surface area contributed by atoms with Crippen LogP contribution in [0.1, 0.15) is 54.9 Å². The summed E-state index contributed by atoms with van der Waals surface area (Å²) in [5.74, 6) is 2.09. The van der Waals surface area contributed by atoms with Gasteiger partial charge >= 0.3 is 0 Å². The molecule has 4 nitrogen and oxygen atoms in total. The first-order valence-electron chi connectivity index (χ1n) is 7.83. The van der Waals surface area contributed by atoms with E-state index in [1.165, 1.54) is 19.5 Å². The van der Waals surface area contributed by atoms with Gasteiger partial charge in [-0.2, -0.15) is 0 Å². The molecule has 1 rings (SSSR count). The summed E-state index contributed by atoms with van der Waals surface area (Å²) in [7, 11) is 0. The van der Waals surface area contributed by atoms with Crippen molar-refractivity contribution in [2.45, 2.75) is 66.0 Å². The monoisotopic (exact) mass is 410 g/mol. The van der Waals surface area contributed by atoms with Crippen LogP contribution in [0.25, 0.3) is 0 Å². The molecule has 1 fully saturated rings. The molecule has 1 aliphatic rings. The Balaban J connectivity index is 0.00000400. The highest BCUT2D eigenvalue weighted by atomic mass is 127. The fourth-order valence-corrected chi connectivity index (χ4v) is 2.96. The summed E-state index contributed by atoms with van der Waals surface area (Å²) in [6.45, 7) is 18.6. The molecule has 1 heterocycles. The van der Waals surface area contributed by atoms with Crippen LogP contribution in [-0.2, 0) is 0 Å². The molecule has 0 aliphatic carbocycles. The van der Waals surface area contributed by atoms with Gasteiger partial charge in [-0.25, -0.2) is 0 Å². The average molecular weight is 410 g/mol. The predicted molar refractivity (Wildman–Crippen MR) is 103 cm³/mol. The maximum Gasteiger partial charge on any atom is 0.189 e. The lowest BCUT2D eigenvalue weighted by Gasteiger charge is -2.44. The number of aliphatic imine (C=N–C) groups is 1. The number of guanidine groups is 1. The van der Waals surface area contributed by atoms with Crippen molar-refractivity contribution in [2.24, 2.45) is 22.6 Å². The Bertz CT molecular complexity index is 337. The van der Waals surface area contributed by atoms with Crippen molar-refractivity contribution >= 4 is 29.9 Å². The summed E-state index contributed by atoms with van der Waals surface area (Å²) in [5.41, 5.74) is 6.00. The molecule has 126 valence electrons. The van der Waals surface area contributed by atoms with Crippen molar-refractivity contribution in [3.05, 3.63) is 0 Å². The molecule has 0 saturated carbocycles. The van der Waals surface area contributed by atoms with Crippen LogP contribution >= 0.6 is 24.0 Å². The van der Waals surface area contributed by atoms with Gasteiger partial charge in [0.25, 0.3) is 0 Å². The highest BCUT2D eigenvalue weighted by molar-refractivity contribution is 14.0. The van der Waals surface area contributed by atoms with Gasteiger partial charge in [-0.05, 0) is 52.9 Å². The van der Waals surface area contributed by atoms with Crippen LogP contribution in [-0.4, -0.2) is 41.6 Å². The Kier molecular flexibility index (Phi) is 7.98. The summed E-state index contributed by atoms with van der Waals surface area (Å²) < 4.78 is 0. The fourth-order valence-electron chi connectivity index (χ4n) is 2.96. The molecular formula is C16H35IN4. The zero-order valence-electron chi connectivity index (χ0n) is 14.9. The number of halogens is 1. The zero-order valence-corrected chi connectivity index (χ0v) is 17.2. The maximum atomic E-state index is 5.97. The van der Waals surface area contributed by atoms with Crippen molar-refractivity contribution in [2.75, 3.05) is 19.6 Å². The largest absolute Gasteiger partial charge is 0.370 e. The topological polar surface area (TPSA) is 53.6 Å². The number of piperidine rings is 1. The van der Waals surface area contributed by atoms with E-state index in [0.29, 0.717) is 5.96 Å². The molecular weight excluding hydrogens is 375 g/mol. The van der Waals surface area contributed by atoms with Crippen molar-refractivity contribution in [3.8, 4) is 0 Å². The smallest absolute Gasteiger partial charge is 0.189 e. The third-order valence-electron chi connectivity index (χ3n) is 3.86. The summed E-state index contributed by atoms with van der Waals surface area (Å²) in [6.07, 6.45) is 1.34. The molecule has 0 bridgehead atoms. The van der Waals surface area contributed by atoms with Crippen LogP contribution in [0.4, 0.5) is 0 Å². The van der Waals surface area contributed by atoms with Crippen LogP contribution < -0.4 is 11.1 Å². The van der Waals surface area contributed by atoms with E-state index in [1.807, 2.05) is 0 Å². The molecule has 2 unspecified atom stereocenters. The quantitative estimate of drug-likeness (QED) is 0.427. The lowest BCUT2D eigenvalue weighted by Crippen LogP contribution is -2.53. The highest BCUT2D eigenvalue weighted by Crippen LogP contribution is 2.27. The lowest BCUT2D eigenvalue weighted by molar-refractivity contribution is 0.0512. The van der Waals surface area contributed by atoms with Crippen LogP contribution in [0, 0.1) is 11.8 Å². The number of nitrogens with zero attached hydrogens (tertiary/aromatic N) is 2. The van der Waals surface area contributed by atoms with Crippen LogP contribution in [0.15, 0.2) is 4.99 Å². The van der Waals surface area contributed by atoms with Gasteiger partial charge in [-0.3, -0.25) is 9.89 Å². The van der Waals surface area contributed by atoms with E-state index in [9.17, 15) is 0 Å². The maximum absolute atomic E-state index is 5.97. The van der Waals surface area contributed by atoms with E-state index < -0.39 is 0 Å². The number of rotatable bonds is 3. The second-order valence-corrected chi connectivity index (χ2v) is 8.24. The molecule has 0 aromatic heterocycles. The van der Waals surface area contributed by atoms with E-state index in [2.05, 4.69) is 63.7 Å². The number of nitrogens with one attached hydrogen (secondary N) is 1. The predicted octanol–water partition coefficient (Wildman–Crippen LogP) is 3.06. The first-order valence-corrected chi connectivity index (χ1v) is 7.83. The minimum Gasteiger partial charge on any atom is -0.370 e. The van der Waals surface area contributed by atoms with E-state index in [-0.39, 0.29) is 35.1 Å². The highest BCUT2D eigenvalue weighted by Gasteiger charge is 2.32. The molecule has 1 saturated heterocycles. The zero-order chi connectivity index (χ0) is 15.6. The van der Waals surface area contributed by atoms with E-state index in [1.54, 1.807) is 0 Å². The summed E-state index contributed by atoms with van der Waals surface area (Å²) in [6, 6.07) is 0. The Labute approximate surface area is 148 Å². The molecule has 3 N–H and O–H groups in total. The van der Waals surface area contributed by atoms with Crippen LogP contribution in [0.5, 0.6) is 0 Å². The second-order valence-electron chi connectivity index (χ2n) is 8.24. The molecule has 0 aromatic rings. The van der Waals surface area contributed by atoms with Gasteiger partial charge in [0.15, 0.2) is 5.96 Å². The number of nitrogens with two attached hydrogens (primary N) is 1. The van der Waals surface area contributed by atoms with Gasteiger partial charge in [0.05, 0.1) is 6.54 Å². The Hall–Kier alpha value is -0.0400. The van der Waals surface area contributed by atoms with Crippen LogP contribution in [0.3, 0.4) is 0 Å². The van der Waals surface area contributed by atoms with Gasteiger partial charge in [0.2, 0.25) is 0 Å². The third kappa shape index (κ3) is 7.68. The standard InChI is InChI=1S/C16H34N4.HI/c1-12-8-13(2)10-20(9-12)16(6,7)11-18-14(17)19-15(3,4)5;/h12-13H,8-11H2,1-7H3,(H3,17,18,19);1H. The minimum atomic E-state index is -0.0358. The molecule has 0 radical (unpaired) electrons. The Morgan fingerprint density at radius 1 is 1.14 bits per heavy atom. The van der Waals surface area contributed by atoms with E-state index in [4.69, 9.17) is 5.73 Å². The van der Waals surface area contributed by atoms with Gasteiger partial charge in [-0.15, -0.1) is 24.0 Å². The van der Waals surface area contributed by atoms with Crippen molar-refractivity contribution in [1.29, 1.82) is 0 Å². The summed E-state index contributed by atoms with van der Waals surface area (Å²) in [4.78, 5) is 7.12. The Morgan fingerprint density at radius 2 is 1.62 bits per heavy atom. The van der Waals surface area contributed by atoms with E-state index in [0.717, 1.165) is 18.4 Å². The SMILES string of the molecule is CC1CC(C)CN(C(C)(C)CN=C(N)NC(C)(C)C)C1.I. The third-order valence-corrected chi connectivity index (χ3v) is 3.86. The number of likely N-dealkylation sites (tertiary alicyclic amines) is 1. The lowest BCUT2D eigenvalue weighted by atomic mass is 9.88. The van der Waals surface area contributed by atoms with Crippen molar-refractivity contribution in [3.63, 3.8) is 0 Å². The van der Waals surface area contributed by atoms with Crippen molar-refractivity contribution in [1.82, 2.24) is 10.2 Å². The normalized spacial score (nSPS) is 25.4. The molecule has 21 heavy (non-hydrogen) atoms. The van der Waals surface area contributed by atoms with Crippen molar-refractivity contribution < 1.29 is 0 Å². The summed E-state index contributed by atoms with van der Waals surface area (Å²) >= 11 is 0. The van der Waals surface area contributed by atoms with Gasteiger partial charge < -0.3 is 11.1 Å². The van der Waals surface area contributed by atoms with Crippen LogP contribution in [0.2, 0.25) is 0 Å². The summed E-state index contributed by atoms with van der Waals surface area (Å²) in [5, 5.41) is 3.22. The average Bonchev–Trinajstić information content (AvgIpc) is 2.23. The molecule has 0 spiro atoms. The molecule has 0 aromatic carbocycles. The number of hydrogen-bond acceptors (Lipinski definition) is 2. The Morgan fingerprint density at radius 3 is 2.05 bits per heavy atom. The fraction of sp³-hybridized carbons (Fsp3) is 0.938. The molecule has 2 atom stereocenters. The van der Waals surface area contributed by atoms with Gasteiger partial charge in [0.1, 0.15) is 0 Å². The van der Waals surface area contributed by atoms with E-state index >= 15 is 0 Å². The minimum absolute atomic E-state index is 0.